The van der Waals surface area contributed by atoms with Crippen molar-refractivity contribution in [1.29, 1.82) is 0 Å². The SMILES string of the molecule is O=C(O)[C@@H]1C2C=CC(C2)[C@@H]1C(=O)N1CCOCC1CO. The number of rotatable bonds is 3. The maximum Gasteiger partial charge on any atom is 0.307 e. The largest absolute Gasteiger partial charge is 0.481 e. The van der Waals surface area contributed by atoms with Crippen LogP contribution in [0.4, 0.5) is 0 Å². The van der Waals surface area contributed by atoms with Gasteiger partial charge in [0.2, 0.25) is 5.91 Å². The van der Waals surface area contributed by atoms with Crippen molar-refractivity contribution < 1.29 is 24.5 Å². The van der Waals surface area contributed by atoms with Crippen LogP contribution in [0.1, 0.15) is 6.42 Å². The molecule has 1 amide bonds. The van der Waals surface area contributed by atoms with Crippen LogP contribution in [0, 0.1) is 23.7 Å². The zero-order chi connectivity index (χ0) is 14.3. The van der Waals surface area contributed by atoms with Gasteiger partial charge in [0.25, 0.3) is 0 Å². The first-order valence-corrected chi connectivity index (χ1v) is 7.03. The molecule has 0 spiro atoms. The minimum Gasteiger partial charge on any atom is -0.481 e. The maximum atomic E-state index is 12.7. The van der Waals surface area contributed by atoms with E-state index < -0.39 is 17.8 Å². The van der Waals surface area contributed by atoms with Crippen molar-refractivity contribution in [3.05, 3.63) is 12.2 Å². The van der Waals surface area contributed by atoms with Gasteiger partial charge in [0.15, 0.2) is 0 Å². The van der Waals surface area contributed by atoms with Crippen LogP contribution in [-0.4, -0.2) is 59.4 Å². The predicted molar refractivity (Wildman–Crippen MR) is 68.8 cm³/mol. The number of ether oxygens (including phenoxy) is 1. The average Bonchev–Trinajstić information content (AvgIpc) is 3.06. The standard InChI is InChI=1S/C14H19NO5/c16-6-10-7-20-4-3-15(10)13(17)11-8-1-2-9(5-8)12(11)14(18)19/h1-2,8-12,16H,3-7H2,(H,18,19)/t8?,9?,10?,11-,12+/m0/s1. The third kappa shape index (κ3) is 2.03. The van der Waals surface area contributed by atoms with Crippen molar-refractivity contribution >= 4 is 11.9 Å². The quantitative estimate of drug-likeness (QED) is 0.695. The summed E-state index contributed by atoms with van der Waals surface area (Å²) in [6, 6.07) is -0.353. The molecule has 3 rings (SSSR count). The van der Waals surface area contributed by atoms with Crippen LogP contribution in [0.2, 0.25) is 0 Å². The van der Waals surface area contributed by atoms with Gasteiger partial charge in [-0.3, -0.25) is 9.59 Å². The summed E-state index contributed by atoms with van der Waals surface area (Å²) in [5.41, 5.74) is 0. The molecule has 0 aromatic rings. The Hall–Kier alpha value is -1.40. The van der Waals surface area contributed by atoms with Crippen molar-refractivity contribution in [2.75, 3.05) is 26.4 Å². The first-order valence-electron chi connectivity index (χ1n) is 7.03. The Bertz CT molecular complexity index is 449. The second-order valence-corrected chi connectivity index (χ2v) is 5.78. The van der Waals surface area contributed by atoms with E-state index in [4.69, 9.17) is 4.74 Å². The summed E-state index contributed by atoms with van der Waals surface area (Å²) in [5, 5.41) is 18.8. The molecule has 6 nitrogen and oxygen atoms in total. The fourth-order valence-electron chi connectivity index (χ4n) is 3.78. The van der Waals surface area contributed by atoms with Gasteiger partial charge < -0.3 is 19.8 Å². The van der Waals surface area contributed by atoms with E-state index in [0.717, 1.165) is 6.42 Å². The lowest BCUT2D eigenvalue weighted by atomic mass is 9.82. The Kier molecular flexibility index (Phi) is 3.52. The topological polar surface area (TPSA) is 87.1 Å². The summed E-state index contributed by atoms with van der Waals surface area (Å²) >= 11 is 0. The van der Waals surface area contributed by atoms with Gasteiger partial charge in [0.05, 0.1) is 37.7 Å². The van der Waals surface area contributed by atoms with Crippen LogP contribution in [-0.2, 0) is 14.3 Å². The predicted octanol–water partition coefficient (Wildman–Crippen LogP) is -0.271. The monoisotopic (exact) mass is 281 g/mol. The van der Waals surface area contributed by atoms with E-state index in [1.165, 1.54) is 0 Å². The molecular weight excluding hydrogens is 262 g/mol. The molecule has 1 aliphatic heterocycles. The number of amides is 1. The van der Waals surface area contributed by atoms with Crippen molar-refractivity contribution in [1.82, 2.24) is 4.90 Å². The van der Waals surface area contributed by atoms with Gasteiger partial charge in [-0.15, -0.1) is 0 Å². The highest BCUT2D eigenvalue weighted by molar-refractivity contribution is 5.87. The molecule has 2 bridgehead atoms. The van der Waals surface area contributed by atoms with Crippen LogP contribution in [0.5, 0.6) is 0 Å². The molecule has 0 aromatic carbocycles. The van der Waals surface area contributed by atoms with E-state index in [1.54, 1.807) is 4.90 Å². The molecule has 1 saturated heterocycles. The Morgan fingerprint density at radius 1 is 1.25 bits per heavy atom. The fraction of sp³-hybridized carbons (Fsp3) is 0.714. The lowest BCUT2D eigenvalue weighted by Gasteiger charge is -2.38. The van der Waals surface area contributed by atoms with E-state index >= 15 is 0 Å². The molecule has 6 heteroatoms. The number of nitrogens with zero attached hydrogens (tertiary/aromatic N) is 1. The van der Waals surface area contributed by atoms with Crippen molar-refractivity contribution in [3.63, 3.8) is 0 Å². The smallest absolute Gasteiger partial charge is 0.307 e. The molecule has 2 fully saturated rings. The molecular formula is C14H19NO5. The second kappa shape index (κ2) is 5.18. The number of carbonyl (C=O) groups is 2. The summed E-state index contributed by atoms with van der Waals surface area (Å²) in [6.45, 7) is 1.03. The Morgan fingerprint density at radius 2 is 1.95 bits per heavy atom. The number of aliphatic hydroxyl groups excluding tert-OH is 1. The highest BCUT2D eigenvalue weighted by Crippen LogP contribution is 2.49. The second-order valence-electron chi connectivity index (χ2n) is 5.78. The number of fused-ring (bicyclic) bond motifs is 2. The van der Waals surface area contributed by atoms with Crippen LogP contribution in [0.3, 0.4) is 0 Å². The normalized spacial score (nSPS) is 39.2. The number of morpholine rings is 1. The van der Waals surface area contributed by atoms with E-state index in [0.29, 0.717) is 19.8 Å². The maximum absolute atomic E-state index is 12.7. The van der Waals surface area contributed by atoms with Gasteiger partial charge in [-0.05, 0) is 18.3 Å². The first kappa shape index (κ1) is 13.6. The number of aliphatic carboxylic acids is 1. The third-order valence-corrected chi connectivity index (χ3v) is 4.75. The number of hydrogen-bond acceptors (Lipinski definition) is 4. The van der Waals surface area contributed by atoms with Crippen molar-refractivity contribution in [3.8, 4) is 0 Å². The Balaban J connectivity index is 1.82. The van der Waals surface area contributed by atoms with Gasteiger partial charge in [-0.25, -0.2) is 0 Å². The molecule has 5 atom stereocenters. The van der Waals surface area contributed by atoms with E-state index in [1.807, 2.05) is 12.2 Å². The summed E-state index contributed by atoms with van der Waals surface area (Å²) in [6.07, 6.45) is 4.65. The van der Waals surface area contributed by atoms with Crippen LogP contribution < -0.4 is 0 Å². The number of carboxylic acids is 1. The molecule has 0 aromatic heterocycles. The van der Waals surface area contributed by atoms with Gasteiger partial charge >= 0.3 is 5.97 Å². The molecule has 0 radical (unpaired) electrons. The van der Waals surface area contributed by atoms with Gasteiger partial charge in [-0.2, -0.15) is 0 Å². The number of aliphatic hydroxyl groups is 1. The van der Waals surface area contributed by atoms with E-state index in [2.05, 4.69) is 0 Å². The fourth-order valence-corrected chi connectivity index (χ4v) is 3.78. The molecule has 20 heavy (non-hydrogen) atoms. The molecule has 3 unspecified atom stereocenters. The van der Waals surface area contributed by atoms with Crippen molar-refractivity contribution in [2.45, 2.75) is 12.5 Å². The minimum atomic E-state index is -0.894. The number of allylic oxidation sites excluding steroid dienone is 2. The molecule has 2 N–H and O–H groups in total. The zero-order valence-electron chi connectivity index (χ0n) is 11.1. The zero-order valence-corrected chi connectivity index (χ0v) is 11.1. The molecule has 1 heterocycles. The van der Waals surface area contributed by atoms with Crippen LogP contribution in [0.25, 0.3) is 0 Å². The summed E-state index contributed by atoms with van der Waals surface area (Å²) in [7, 11) is 0. The lowest BCUT2D eigenvalue weighted by Crippen LogP contribution is -2.54. The minimum absolute atomic E-state index is 0.0239. The summed E-state index contributed by atoms with van der Waals surface area (Å²) in [5.74, 6) is -2.16. The Morgan fingerprint density at radius 3 is 2.60 bits per heavy atom. The lowest BCUT2D eigenvalue weighted by molar-refractivity contribution is -0.156. The number of carboxylic acid groups (broad SMARTS) is 1. The molecule has 1 saturated carbocycles. The van der Waals surface area contributed by atoms with E-state index in [-0.39, 0.29) is 30.4 Å². The van der Waals surface area contributed by atoms with Crippen LogP contribution in [0.15, 0.2) is 12.2 Å². The molecule has 2 aliphatic carbocycles. The average molecular weight is 281 g/mol. The number of hydrogen-bond donors (Lipinski definition) is 2. The third-order valence-electron chi connectivity index (χ3n) is 4.75. The van der Waals surface area contributed by atoms with Gasteiger partial charge in [0.1, 0.15) is 0 Å². The Labute approximate surface area is 117 Å². The number of carbonyl (C=O) groups excluding carboxylic acids is 1. The van der Waals surface area contributed by atoms with Crippen molar-refractivity contribution in [2.24, 2.45) is 23.7 Å². The summed E-state index contributed by atoms with van der Waals surface area (Å²) in [4.78, 5) is 25.8. The van der Waals surface area contributed by atoms with Gasteiger partial charge in [0, 0.05) is 6.54 Å². The molecule has 110 valence electrons. The summed E-state index contributed by atoms with van der Waals surface area (Å²) < 4.78 is 5.27. The van der Waals surface area contributed by atoms with Crippen LogP contribution >= 0.6 is 0 Å². The van der Waals surface area contributed by atoms with E-state index in [9.17, 15) is 19.8 Å². The molecule has 3 aliphatic rings. The highest BCUT2D eigenvalue weighted by atomic mass is 16.5. The highest BCUT2D eigenvalue weighted by Gasteiger charge is 2.53. The first-order chi connectivity index (χ1) is 9.63. The van der Waals surface area contributed by atoms with Gasteiger partial charge in [-0.1, -0.05) is 12.2 Å².